The SMILES string of the molecule is O=C(O)CNC(CO)C(=O)O.[Na].[Na]. The molecule has 0 aliphatic rings. The van der Waals surface area contributed by atoms with Crippen molar-refractivity contribution in [3.05, 3.63) is 0 Å². The number of rotatable bonds is 5. The van der Waals surface area contributed by atoms with Gasteiger partial charge in [-0.2, -0.15) is 0 Å². The summed E-state index contributed by atoms with van der Waals surface area (Å²) in [6.07, 6.45) is 0. The Labute approximate surface area is 119 Å². The van der Waals surface area contributed by atoms with Crippen LogP contribution in [-0.4, -0.2) is 106 Å². The molecule has 8 heteroatoms. The van der Waals surface area contributed by atoms with E-state index in [1.54, 1.807) is 0 Å². The molecule has 6 nitrogen and oxygen atoms in total. The molecule has 2 radical (unpaired) electrons. The number of hydrogen-bond acceptors (Lipinski definition) is 4. The summed E-state index contributed by atoms with van der Waals surface area (Å²) >= 11 is 0. The summed E-state index contributed by atoms with van der Waals surface area (Å²) in [5.74, 6) is -2.43. The molecule has 13 heavy (non-hydrogen) atoms. The molecule has 0 aromatic carbocycles. The Balaban J connectivity index is -0.000000500. The molecule has 0 saturated carbocycles. The molecule has 66 valence electrons. The first kappa shape index (κ1) is 19.4. The Hall–Kier alpha value is 0.860. The topological polar surface area (TPSA) is 107 Å². The van der Waals surface area contributed by atoms with Gasteiger partial charge < -0.3 is 15.3 Å². The van der Waals surface area contributed by atoms with Crippen molar-refractivity contribution < 1.29 is 24.9 Å². The number of nitrogens with one attached hydrogen (secondary N) is 1. The minimum atomic E-state index is -1.27. The van der Waals surface area contributed by atoms with Crippen molar-refractivity contribution in [1.82, 2.24) is 5.32 Å². The molecule has 4 N–H and O–H groups in total. The van der Waals surface area contributed by atoms with E-state index in [1.165, 1.54) is 0 Å². The summed E-state index contributed by atoms with van der Waals surface area (Å²) in [4.78, 5) is 20.0. The summed E-state index contributed by atoms with van der Waals surface area (Å²) in [5, 5.41) is 26.9. The molecule has 0 heterocycles. The minimum Gasteiger partial charge on any atom is -0.480 e. The molecule has 0 aliphatic carbocycles. The van der Waals surface area contributed by atoms with Gasteiger partial charge in [0.2, 0.25) is 0 Å². The standard InChI is InChI=1S/C5H9NO5.2Na/c7-2-3(5(10)11)6-1-4(8)9;;/h3,6-7H,1-2H2,(H,8,9)(H,10,11);;. The second-order valence-corrected chi connectivity index (χ2v) is 1.85. The van der Waals surface area contributed by atoms with Crippen molar-refractivity contribution in [3.63, 3.8) is 0 Å². The van der Waals surface area contributed by atoms with E-state index in [-0.39, 0.29) is 59.1 Å². The van der Waals surface area contributed by atoms with Crippen molar-refractivity contribution in [2.45, 2.75) is 6.04 Å². The van der Waals surface area contributed by atoms with Crippen molar-refractivity contribution in [2.24, 2.45) is 0 Å². The maximum Gasteiger partial charge on any atom is 0.323 e. The Kier molecular flexibility index (Phi) is 16.4. The average molecular weight is 209 g/mol. The number of carboxylic acids is 2. The molecule has 0 aromatic heterocycles. The van der Waals surface area contributed by atoms with Crippen LogP contribution >= 0.6 is 0 Å². The Morgan fingerprint density at radius 2 is 1.69 bits per heavy atom. The minimum absolute atomic E-state index is 0. The first-order valence-electron chi connectivity index (χ1n) is 2.86. The van der Waals surface area contributed by atoms with Crippen molar-refractivity contribution in [3.8, 4) is 0 Å². The van der Waals surface area contributed by atoms with Crippen LogP contribution in [0.5, 0.6) is 0 Å². The molecule has 0 aromatic rings. The molecule has 0 spiro atoms. The molecule has 0 fully saturated rings. The first-order chi connectivity index (χ1) is 5.07. The maximum absolute atomic E-state index is 10.1. The van der Waals surface area contributed by atoms with Gasteiger partial charge in [0.25, 0.3) is 0 Å². The largest absolute Gasteiger partial charge is 0.480 e. The third-order valence-corrected chi connectivity index (χ3v) is 0.980. The summed E-state index contributed by atoms with van der Waals surface area (Å²) in [6, 6.07) is -1.20. The van der Waals surface area contributed by atoms with Crippen LogP contribution < -0.4 is 5.32 Å². The number of carbonyl (C=O) groups is 2. The third kappa shape index (κ3) is 10.8. The zero-order chi connectivity index (χ0) is 8.85. The van der Waals surface area contributed by atoms with E-state index < -0.39 is 31.1 Å². The zero-order valence-corrected chi connectivity index (χ0v) is 11.6. The molecule has 1 atom stereocenters. The third-order valence-electron chi connectivity index (χ3n) is 0.980. The number of aliphatic hydroxyl groups excluding tert-OH is 1. The smallest absolute Gasteiger partial charge is 0.323 e. The van der Waals surface area contributed by atoms with E-state index in [2.05, 4.69) is 5.32 Å². The van der Waals surface area contributed by atoms with Crippen LogP contribution in [-0.2, 0) is 9.59 Å². The van der Waals surface area contributed by atoms with Gasteiger partial charge in [0.05, 0.1) is 13.2 Å². The van der Waals surface area contributed by atoms with E-state index in [4.69, 9.17) is 15.3 Å². The monoisotopic (exact) mass is 209 g/mol. The molecule has 0 aliphatic heterocycles. The summed E-state index contributed by atoms with van der Waals surface area (Å²) in [7, 11) is 0. The Bertz CT molecular complexity index is 165. The van der Waals surface area contributed by atoms with Crippen LogP contribution in [0.2, 0.25) is 0 Å². The molecular weight excluding hydrogens is 200 g/mol. The maximum atomic E-state index is 10.1. The van der Waals surface area contributed by atoms with Gasteiger partial charge in [0, 0.05) is 59.1 Å². The quantitative estimate of drug-likeness (QED) is 0.368. The van der Waals surface area contributed by atoms with E-state index in [1.807, 2.05) is 0 Å². The van der Waals surface area contributed by atoms with E-state index >= 15 is 0 Å². The van der Waals surface area contributed by atoms with E-state index in [0.29, 0.717) is 0 Å². The number of hydrogen-bond donors (Lipinski definition) is 4. The second kappa shape index (κ2) is 10.9. The van der Waals surface area contributed by atoms with Crippen LogP contribution in [0.3, 0.4) is 0 Å². The van der Waals surface area contributed by atoms with Crippen LogP contribution in [0.1, 0.15) is 0 Å². The van der Waals surface area contributed by atoms with Gasteiger partial charge >= 0.3 is 11.9 Å². The number of aliphatic carboxylic acids is 2. The molecule has 0 rings (SSSR count). The zero-order valence-electron chi connectivity index (χ0n) is 7.65. The second-order valence-electron chi connectivity index (χ2n) is 1.85. The van der Waals surface area contributed by atoms with Gasteiger partial charge in [-0.05, 0) is 0 Å². The van der Waals surface area contributed by atoms with Gasteiger partial charge in [-0.3, -0.25) is 14.9 Å². The number of carboxylic acid groups (broad SMARTS) is 2. The van der Waals surface area contributed by atoms with Crippen molar-refractivity contribution in [2.75, 3.05) is 13.2 Å². The predicted molar refractivity (Wildman–Crippen MR) is 45.7 cm³/mol. The van der Waals surface area contributed by atoms with Gasteiger partial charge in [0.1, 0.15) is 6.04 Å². The summed E-state index contributed by atoms with van der Waals surface area (Å²) in [5.41, 5.74) is 0. The van der Waals surface area contributed by atoms with E-state index in [9.17, 15) is 9.59 Å². The normalized spacial score (nSPS) is 10.5. The van der Waals surface area contributed by atoms with Gasteiger partial charge in [0.15, 0.2) is 0 Å². The van der Waals surface area contributed by atoms with Gasteiger partial charge in [-0.1, -0.05) is 0 Å². The first-order valence-corrected chi connectivity index (χ1v) is 2.86. The van der Waals surface area contributed by atoms with Crippen LogP contribution in [0.4, 0.5) is 0 Å². The summed E-state index contributed by atoms with van der Waals surface area (Å²) in [6.45, 7) is -1.10. The predicted octanol–water partition coefficient (Wildman–Crippen LogP) is -2.66. The molecular formula is C5H9NNa2O5. The Morgan fingerprint density at radius 3 is 1.92 bits per heavy atom. The molecule has 0 amide bonds. The fourth-order valence-corrected chi connectivity index (χ4v) is 0.440. The van der Waals surface area contributed by atoms with Crippen molar-refractivity contribution in [1.29, 1.82) is 0 Å². The molecule has 0 bridgehead atoms. The molecule has 0 saturated heterocycles. The fraction of sp³-hybridized carbons (Fsp3) is 0.600. The average Bonchev–Trinajstić information content (AvgIpc) is 1.87. The van der Waals surface area contributed by atoms with Crippen LogP contribution in [0.15, 0.2) is 0 Å². The van der Waals surface area contributed by atoms with Crippen LogP contribution in [0.25, 0.3) is 0 Å². The van der Waals surface area contributed by atoms with Gasteiger partial charge in [-0.25, -0.2) is 0 Å². The Morgan fingerprint density at radius 1 is 1.23 bits per heavy atom. The van der Waals surface area contributed by atoms with Crippen LogP contribution in [0, 0.1) is 0 Å². The molecule has 1 unspecified atom stereocenters. The van der Waals surface area contributed by atoms with Crippen molar-refractivity contribution >= 4 is 71.1 Å². The summed E-state index contributed by atoms with van der Waals surface area (Å²) < 4.78 is 0. The van der Waals surface area contributed by atoms with E-state index in [0.717, 1.165) is 0 Å². The van der Waals surface area contributed by atoms with Gasteiger partial charge in [-0.15, -0.1) is 0 Å². The fourth-order valence-electron chi connectivity index (χ4n) is 0.440. The number of aliphatic hydroxyl groups is 1.